The predicted molar refractivity (Wildman–Crippen MR) is 113 cm³/mol. The van der Waals surface area contributed by atoms with E-state index in [0.29, 0.717) is 45.5 Å². The lowest BCUT2D eigenvalue weighted by molar-refractivity contribution is 0.103. The molecule has 0 unspecified atom stereocenters. The van der Waals surface area contributed by atoms with Gasteiger partial charge >= 0.3 is 0 Å². The minimum absolute atomic E-state index is 0.0300. The van der Waals surface area contributed by atoms with Crippen LogP contribution in [0.4, 0.5) is 4.39 Å². The number of pyridine rings is 1. The lowest BCUT2D eigenvalue weighted by Crippen LogP contribution is -2.08. The van der Waals surface area contributed by atoms with Crippen LogP contribution in [0, 0.1) is 5.82 Å². The molecule has 2 aromatic carbocycles. The molecule has 0 fully saturated rings. The van der Waals surface area contributed by atoms with E-state index in [9.17, 15) is 9.18 Å². The molecule has 4 rings (SSSR count). The van der Waals surface area contributed by atoms with Gasteiger partial charge in [-0.1, -0.05) is 23.7 Å². The summed E-state index contributed by atoms with van der Waals surface area (Å²) in [6.07, 6.45) is 3.29. The van der Waals surface area contributed by atoms with Gasteiger partial charge in [0.2, 0.25) is 0 Å². The van der Waals surface area contributed by atoms with E-state index < -0.39 is 5.82 Å². The number of aromatic nitrogens is 2. The highest BCUT2D eigenvalue weighted by molar-refractivity contribution is 6.30. The van der Waals surface area contributed by atoms with E-state index in [-0.39, 0.29) is 12.4 Å². The molecule has 7 heteroatoms. The number of ketones is 1. The number of halogens is 2. The van der Waals surface area contributed by atoms with Crippen LogP contribution in [0.2, 0.25) is 5.02 Å². The van der Waals surface area contributed by atoms with E-state index in [1.165, 1.54) is 6.07 Å². The number of benzene rings is 2. The first-order valence-electron chi connectivity index (χ1n) is 9.37. The second-order valence-corrected chi connectivity index (χ2v) is 6.96. The van der Waals surface area contributed by atoms with Gasteiger partial charge in [0.15, 0.2) is 17.3 Å². The van der Waals surface area contributed by atoms with Crippen molar-refractivity contribution in [2.24, 2.45) is 0 Å². The maximum atomic E-state index is 14.1. The van der Waals surface area contributed by atoms with Crippen LogP contribution in [0.5, 0.6) is 11.5 Å². The maximum Gasteiger partial charge on any atom is 0.199 e. The van der Waals surface area contributed by atoms with Gasteiger partial charge in [0.05, 0.1) is 12.2 Å². The van der Waals surface area contributed by atoms with Crippen molar-refractivity contribution < 1.29 is 18.7 Å². The summed E-state index contributed by atoms with van der Waals surface area (Å²) in [6.45, 7) is 2.13. The SMILES string of the molecule is CCOc1c(OCc2ccc(Cl)cc2F)cccc1C(=O)c1c[nH]c2ncccc12. The third kappa shape index (κ3) is 3.86. The molecule has 0 aliphatic rings. The Morgan fingerprint density at radius 2 is 2.00 bits per heavy atom. The van der Waals surface area contributed by atoms with Crippen molar-refractivity contribution in [2.75, 3.05) is 6.61 Å². The Balaban J connectivity index is 1.68. The zero-order valence-corrected chi connectivity index (χ0v) is 16.9. The summed E-state index contributed by atoms with van der Waals surface area (Å²) < 4.78 is 25.6. The van der Waals surface area contributed by atoms with Gasteiger partial charge in [0.25, 0.3) is 0 Å². The Morgan fingerprint density at radius 3 is 2.80 bits per heavy atom. The third-order valence-corrected chi connectivity index (χ3v) is 4.84. The number of carbonyl (C=O) groups excluding carboxylic acids is 1. The number of H-pyrrole nitrogens is 1. The second-order valence-electron chi connectivity index (χ2n) is 6.52. The lowest BCUT2D eigenvalue weighted by atomic mass is 10.0. The standard InChI is InChI=1S/C23H18ClFN2O3/c1-2-29-22-17(21(28)18-12-27-23-16(18)6-4-10-26-23)5-3-7-20(22)30-13-14-8-9-15(24)11-19(14)25/h3-12H,2,13H2,1H3,(H,26,27). The van der Waals surface area contributed by atoms with Crippen LogP contribution < -0.4 is 9.47 Å². The van der Waals surface area contributed by atoms with E-state index in [4.69, 9.17) is 21.1 Å². The number of nitrogens with one attached hydrogen (secondary N) is 1. The molecular formula is C23H18ClFN2O3. The fraction of sp³-hybridized carbons (Fsp3) is 0.130. The minimum Gasteiger partial charge on any atom is -0.489 e. The highest BCUT2D eigenvalue weighted by Crippen LogP contribution is 2.34. The van der Waals surface area contributed by atoms with Crippen molar-refractivity contribution in [3.05, 3.63) is 88.5 Å². The van der Waals surface area contributed by atoms with Gasteiger partial charge in [-0.05, 0) is 43.3 Å². The molecule has 30 heavy (non-hydrogen) atoms. The largest absolute Gasteiger partial charge is 0.489 e. The first-order chi connectivity index (χ1) is 14.6. The zero-order valence-electron chi connectivity index (χ0n) is 16.1. The van der Waals surface area contributed by atoms with E-state index in [0.717, 1.165) is 5.39 Å². The highest BCUT2D eigenvalue weighted by Gasteiger charge is 2.21. The number of aromatic amines is 1. The Morgan fingerprint density at radius 1 is 1.13 bits per heavy atom. The number of fused-ring (bicyclic) bond motifs is 1. The molecule has 1 N–H and O–H groups in total. The fourth-order valence-electron chi connectivity index (χ4n) is 3.18. The maximum absolute atomic E-state index is 14.1. The van der Waals surface area contributed by atoms with Gasteiger partial charge in [0.1, 0.15) is 18.1 Å². The van der Waals surface area contributed by atoms with Crippen molar-refractivity contribution in [2.45, 2.75) is 13.5 Å². The quantitative estimate of drug-likeness (QED) is 0.394. The van der Waals surface area contributed by atoms with Crippen LogP contribution in [-0.4, -0.2) is 22.4 Å². The van der Waals surface area contributed by atoms with Crippen molar-refractivity contribution in [3.8, 4) is 11.5 Å². The molecule has 0 radical (unpaired) electrons. The van der Waals surface area contributed by atoms with Gasteiger partial charge in [0, 0.05) is 33.9 Å². The molecular weight excluding hydrogens is 407 g/mol. The van der Waals surface area contributed by atoms with Crippen molar-refractivity contribution in [3.63, 3.8) is 0 Å². The van der Waals surface area contributed by atoms with Crippen LogP contribution >= 0.6 is 11.6 Å². The first kappa shape index (κ1) is 19.9. The average molecular weight is 425 g/mol. The second kappa shape index (κ2) is 8.55. The van der Waals surface area contributed by atoms with Crippen LogP contribution in [-0.2, 0) is 6.61 Å². The zero-order chi connectivity index (χ0) is 21.1. The van der Waals surface area contributed by atoms with Crippen LogP contribution in [0.25, 0.3) is 11.0 Å². The summed E-state index contributed by atoms with van der Waals surface area (Å²) >= 11 is 5.80. The molecule has 0 saturated carbocycles. The molecule has 0 aliphatic carbocycles. The summed E-state index contributed by atoms with van der Waals surface area (Å²) in [5, 5.41) is 1.03. The van der Waals surface area contributed by atoms with Crippen LogP contribution in [0.3, 0.4) is 0 Å². The number of rotatable bonds is 7. The van der Waals surface area contributed by atoms with E-state index in [2.05, 4.69) is 9.97 Å². The summed E-state index contributed by atoms with van der Waals surface area (Å²) in [5.74, 6) is -0.00700. The van der Waals surface area contributed by atoms with Gasteiger partial charge in [-0.3, -0.25) is 4.79 Å². The van der Waals surface area contributed by atoms with Gasteiger partial charge < -0.3 is 14.5 Å². The Kier molecular flexibility index (Phi) is 5.68. The normalized spacial score (nSPS) is 10.9. The van der Waals surface area contributed by atoms with Crippen molar-refractivity contribution >= 4 is 28.4 Å². The molecule has 2 aromatic heterocycles. The number of carbonyl (C=O) groups is 1. The van der Waals surface area contributed by atoms with Crippen LogP contribution in [0.1, 0.15) is 28.4 Å². The highest BCUT2D eigenvalue weighted by atomic mass is 35.5. The molecule has 0 atom stereocenters. The van der Waals surface area contributed by atoms with Crippen LogP contribution in [0.15, 0.2) is 60.9 Å². The lowest BCUT2D eigenvalue weighted by Gasteiger charge is -2.15. The van der Waals surface area contributed by atoms with Crippen molar-refractivity contribution in [1.82, 2.24) is 9.97 Å². The first-order valence-corrected chi connectivity index (χ1v) is 9.75. The van der Waals surface area contributed by atoms with E-state index in [1.54, 1.807) is 48.8 Å². The summed E-state index contributed by atoms with van der Waals surface area (Å²) in [6, 6.07) is 13.1. The molecule has 5 nitrogen and oxygen atoms in total. The number of hydrogen-bond donors (Lipinski definition) is 1. The van der Waals surface area contributed by atoms with Gasteiger partial charge in [-0.15, -0.1) is 0 Å². The molecule has 4 aromatic rings. The number of para-hydroxylation sites is 1. The van der Waals surface area contributed by atoms with Gasteiger partial charge in [-0.25, -0.2) is 9.37 Å². The minimum atomic E-state index is -0.459. The number of nitrogens with zero attached hydrogens (tertiary/aromatic N) is 1. The molecule has 2 heterocycles. The summed E-state index contributed by atoms with van der Waals surface area (Å²) in [4.78, 5) is 20.5. The van der Waals surface area contributed by atoms with Gasteiger partial charge in [-0.2, -0.15) is 0 Å². The fourth-order valence-corrected chi connectivity index (χ4v) is 3.34. The molecule has 0 aliphatic heterocycles. The number of ether oxygens (including phenoxy) is 2. The molecule has 0 bridgehead atoms. The Labute approximate surface area is 177 Å². The van der Waals surface area contributed by atoms with E-state index in [1.807, 2.05) is 13.0 Å². The Bertz CT molecular complexity index is 1220. The predicted octanol–water partition coefficient (Wildman–Crippen LogP) is 5.56. The average Bonchev–Trinajstić information content (AvgIpc) is 3.18. The summed E-state index contributed by atoms with van der Waals surface area (Å²) in [5.41, 5.74) is 1.82. The monoisotopic (exact) mass is 424 g/mol. The Hall–Kier alpha value is -3.38. The van der Waals surface area contributed by atoms with Crippen molar-refractivity contribution in [1.29, 1.82) is 0 Å². The third-order valence-electron chi connectivity index (χ3n) is 4.61. The topological polar surface area (TPSA) is 64.2 Å². The number of hydrogen-bond acceptors (Lipinski definition) is 4. The molecule has 0 spiro atoms. The summed E-state index contributed by atoms with van der Waals surface area (Å²) in [7, 11) is 0. The molecule has 152 valence electrons. The molecule has 0 amide bonds. The molecule has 0 saturated heterocycles. The van der Waals surface area contributed by atoms with E-state index >= 15 is 0 Å². The smallest absolute Gasteiger partial charge is 0.199 e.